The summed E-state index contributed by atoms with van der Waals surface area (Å²) in [5.41, 5.74) is 3.23. The molecule has 2 aromatic rings. The summed E-state index contributed by atoms with van der Waals surface area (Å²) >= 11 is 0. The van der Waals surface area contributed by atoms with Gasteiger partial charge in [0.05, 0.1) is 29.0 Å². The third-order valence-electron chi connectivity index (χ3n) is 3.14. The zero-order chi connectivity index (χ0) is 17.0. The lowest BCUT2D eigenvalue weighted by atomic mass is 10.1. The normalized spacial score (nSPS) is 11.7. The Morgan fingerprint density at radius 1 is 1.17 bits per heavy atom. The number of nitrogens with one attached hydrogen (secondary N) is 1. The molecule has 0 bridgehead atoms. The monoisotopic (exact) mass is 327 g/mol. The van der Waals surface area contributed by atoms with Crippen LogP contribution in [0.1, 0.15) is 21.7 Å². The predicted octanol–water partition coefficient (Wildman–Crippen LogP) is 2.56. The standard InChI is InChI=1S/C15H16F3N3O2/c1-9-10(2)21-13-7-11(3-4-12(13)20-9)14(22)19-5-6-23-8-15(16,17)18/h3-4,7H,5-6,8H2,1-2H3,(H,19,22). The lowest BCUT2D eigenvalue weighted by Crippen LogP contribution is -2.28. The van der Waals surface area contributed by atoms with Gasteiger partial charge in [-0.1, -0.05) is 0 Å². The number of nitrogens with zero attached hydrogens (tertiary/aromatic N) is 2. The number of ether oxygens (including phenoxy) is 1. The summed E-state index contributed by atoms with van der Waals surface area (Å²) in [5, 5.41) is 2.50. The number of benzene rings is 1. The number of fused-ring (bicyclic) bond motifs is 1. The molecule has 0 aliphatic carbocycles. The van der Waals surface area contributed by atoms with Gasteiger partial charge in [0.15, 0.2) is 0 Å². The molecule has 0 saturated heterocycles. The van der Waals surface area contributed by atoms with Crippen LogP contribution >= 0.6 is 0 Å². The number of rotatable bonds is 5. The van der Waals surface area contributed by atoms with E-state index in [1.165, 1.54) is 0 Å². The summed E-state index contributed by atoms with van der Waals surface area (Å²) in [4.78, 5) is 20.7. The van der Waals surface area contributed by atoms with Crippen LogP contribution in [-0.2, 0) is 4.74 Å². The van der Waals surface area contributed by atoms with E-state index in [4.69, 9.17) is 0 Å². The van der Waals surface area contributed by atoms with Gasteiger partial charge in [-0.05, 0) is 32.0 Å². The van der Waals surface area contributed by atoms with Gasteiger partial charge < -0.3 is 10.1 Å². The summed E-state index contributed by atoms with van der Waals surface area (Å²) < 4.78 is 40.1. The van der Waals surface area contributed by atoms with Crippen molar-refractivity contribution in [3.05, 3.63) is 35.2 Å². The van der Waals surface area contributed by atoms with Gasteiger partial charge in [0.2, 0.25) is 0 Å². The average molecular weight is 327 g/mol. The molecule has 23 heavy (non-hydrogen) atoms. The Morgan fingerprint density at radius 3 is 2.48 bits per heavy atom. The largest absolute Gasteiger partial charge is 0.411 e. The van der Waals surface area contributed by atoms with E-state index in [1.54, 1.807) is 18.2 Å². The molecular weight excluding hydrogens is 311 g/mol. The maximum Gasteiger partial charge on any atom is 0.411 e. The summed E-state index contributed by atoms with van der Waals surface area (Å²) in [6, 6.07) is 4.88. The van der Waals surface area contributed by atoms with Gasteiger partial charge >= 0.3 is 6.18 Å². The summed E-state index contributed by atoms with van der Waals surface area (Å²) in [5.74, 6) is -0.400. The molecule has 2 rings (SSSR count). The minimum absolute atomic E-state index is 0.00838. The molecule has 1 N–H and O–H groups in total. The van der Waals surface area contributed by atoms with Crippen LogP contribution < -0.4 is 5.32 Å². The van der Waals surface area contributed by atoms with Crippen LogP contribution in [0.5, 0.6) is 0 Å². The van der Waals surface area contributed by atoms with Gasteiger partial charge in [-0.25, -0.2) is 9.97 Å². The predicted molar refractivity (Wildman–Crippen MR) is 78.2 cm³/mol. The molecule has 0 aliphatic heterocycles. The van der Waals surface area contributed by atoms with Gasteiger partial charge in [-0.2, -0.15) is 13.2 Å². The summed E-state index contributed by atoms with van der Waals surface area (Å²) in [6.45, 7) is 2.13. The van der Waals surface area contributed by atoms with E-state index >= 15 is 0 Å². The van der Waals surface area contributed by atoms with Crippen LogP contribution in [0.25, 0.3) is 11.0 Å². The third-order valence-corrected chi connectivity index (χ3v) is 3.14. The molecule has 1 aromatic carbocycles. The van der Waals surface area contributed by atoms with E-state index in [0.717, 1.165) is 11.4 Å². The van der Waals surface area contributed by atoms with E-state index < -0.39 is 18.7 Å². The lowest BCUT2D eigenvalue weighted by Gasteiger charge is -2.09. The number of aromatic nitrogens is 2. The quantitative estimate of drug-likeness (QED) is 0.857. The zero-order valence-electron chi connectivity index (χ0n) is 12.7. The SMILES string of the molecule is Cc1nc2ccc(C(=O)NCCOCC(F)(F)F)cc2nc1C. The van der Waals surface area contributed by atoms with E-state index in [2.05, 4.69) is 20.0 Å². The van der Waals surface area contributed by atoms with Crippen molar-refractivity contribution in [2.75, 3.05) is 19.8 Å². The Morgan fingerprint density at radius 2 is 1.83 bits per heavy atom. The fraction of sp³-hybridized carbons (Fsp3) is 0.400. The first kappa shape index (κ1) is 17.1. The second-order valence-corrected chi connectivity index (χ2v) is 5.02. The van der Waals surface area contributed by atoms with Crippen molar-refractivity contribution in [3.8, 4) is 0 Å². The number of carbonyl (C=O) groups excluding carboxylic acids is 1. The Labute approximate surface area is 130 Å². The summed E-state index contributed by atoms with van der Waals surface area (Å²) in [6.07, 6.45) is -4.36. The zero-order valence-corrected chi connectivity index (χ0v) is 12.7. The first-order valence-corrected chi connectivity index (χ1v) is 6.94. The number of aryl methyl sites for hydroxylation is 2. The van der Waals surface area contributed by atoms with Crippen molar-refractivity contribution in [2.45, 2.75) is 20.0 Å². The van der Waals surface area contributed by atoms with Crippen molar-refractivity contribution in [3.63, 3.8) is 0 Å². The minimum atomic E-state index is -4.36. The fourth-order valence-corrected chi connectivity index (χ4v) is 1.90. The van der Waals surface area contributed by atoms with Gasteiger partial charge in [0, 0.05) is 12.1 Å². The second kappa shape index (κ2) is 6.91. The molecule has 124 valence electrons. The van der Waals surface area contributed by atoms with Crippen molar-refractivity contribution in [2.24, 2.45) is 0 Å². The van der Waals surface area contributed by atoms with E-state index in [1.807, 2.05) is 13.8 Å². The van der Waals surface area contributed by atoms with Crippen molar-refractivity contribution < 1.29 is 22.7 Å². The maximum atomic E-state index is 12.0. The molecule has 0 unspecified atom stereocenters. The highest BCUT2D eigenvalue weighted by Crippen LogP contribution is 2.15. The number of hydrogen-bond acceptors (Lipinski definition) is 4. The molecule has 1 amide bonds. The van der Waals surface area contributed by atoms with E-state index in [0.29, 0.717) is 16.6 Å². The van der Waals surface area contributed by atoms with E-state index in [9.17, 15) is 18.0 Å². The van der Waals surface area contributed by atoms with Crippen LogP contribution in [0.15, 0.2) is 18.2 Å². The number of halogens is 3. The molecule has 1 heterocycles. The second-order valence-electron chi connectivity index (χ2n) is 5.02. The molecule has 1 aromatic heterocycles. The van der Waals surface area contributed by atoms with Gasteiger partial charge in [-0.15, -0.1) is 0 Å². The van der Waals surface area contributed by atoms with Crippen molar-refractivity contribution in [1.29, 1.82) is 0 Å². The van der Waals surface area contributed by atoms with Crippen LogP contribution in [0.3, 0.4) is 0 Å². The molecular formula is C15H16F3N3O2. The van der Waals surface area contributed by atoms with Crippen LogP contribution in [0.2, 0.25) is 0 Å². The van der Waals surface area contributed by atoms with Gasteiger partial charge in [-0.3, -0.25) is 4.79 Å². The molecule has 0 fully saturated rings. The van der Waals surface area contributed by atoms with Gasteiger partial charge in [0.1, 0.15) is 6.61 Å². The molecule has 0 aliphatic rings. The molecule has 8 heteroatoms. The first-order valence-electron chi connectivity index (χ1n) is 6.94. The molecule has 5 nitrogen and oxygen atoms in total. The number of amides is 1. The highest BCUT2D eigenvalue weighted by Gasteiger charge is 2.27. The van der Waals surface area contributed by atoms with Gasteiger partial charge in [0.25, 0.3) is 5.91 Å². The molecule has 0 radical (unpaired) electrons. The molecule has 0 atom stereocenters. The maximum absolute atomic E-state index is 12.0. The lowest BCUT2D eigenvalue weighted by molar-refractivity contribution is -0.173. The summed E-state index contributed by atoms with van der Waals surface area (Å²) in [7, 11) is 0. The molecule has 0 saturated carbocycles. The van der Waals surface area contributed by atoms with Crippen molar-refractivity contribution >= 4 is 16.9 Å². The van der Waals surface area contributed by atoms with Crippen LogP contribution in [0, 0.1) is 13.8 Å². The highest BCUT2D eigenvalue weighted by atomic mass is 19.4. The van der Waals surface area contributed by atoms with Crippen LogP contribution in [-0.4, -0.2) is 41.8 Å². The smallest absolute Gasteiger partial charge is 0.370 e. The number of carbonyl (C=O) groups is 1. The first-order chi connectivity index (χ1) is 10.8. The molecule has 0 spiro atoms. The Balaban J connectivity index is 1.94. The fourth-order valence-electron chi connectivity index (χ4n) is 1.90. The Kier molecular flexibility index (Phi) is 5.15. The third kappa shape index (κ3) is 4.88. The van der Waals surface area contributed by atoms with Crippen LogP contribution in [0.4, 0.5) is 13.2 Å². The average Bonchev–Trinajstić information content (AvgIpc) is 2.46. The Bertz CT molecular complexity index is 717. The minimum Gasteiger partial charge on any atom is -0.370 e. The highest BCUT2D eigenvalue weighted by molar-refractivity contribution is 5.97. The number of alkyl halides is 3. The Hall–Kier alpha value is -2.22. The van der Waals surface area contributed by atoms with E-state index in [-0.39, 0.29) is 13.2 Å². The number of hydrogen-bond donors (Lipinski definition) is 1. The van der Waals surface area contributed by atoms with Crippen molar-refractivity contribution in [1.82, 2.24) is 15.3 Å². The topological polar surface area (TPSA) is 64.1 Å².